The van der Waals surface area contributed by atoms with E-state index in [0.29, 0.717) is 38.0 Å². The second kappa shape index (κ2) is 11.4. The Balaban J connectivity index is 1.47. The molecule has 1 aliphatic rings. The van der Waals surface area contributed by atoms with E-state index in [1.807, 2.05) is 0 Å². The Morgan fingerprint density at radius 3 is 2.55 bits per heavy atom. The first-order valence-corrected chi connectivity index (χ1v) is 12.5. The molecule has 1 heterocycles. The van der Waals surface area contributed by atoms with Crippen LogP contribution in [0.5, 0.6) is 5.75 Å². The number of amides is 3. The number of hydrogen-bond donors (Lipinski definition) is 1. The van der Waals surface area contributed by atoms with Gasteiger partial charge in [0.1, 0.15) is 24.7 Å². The number of rotatable bonds is 7. The summed E-state index contributed by atoms with van der Waals surface area (Å²) in [7, 11) is 0. The highest BCUT2D eigenvalue weighted by Gasteiger charge is 2.36. The molecule has 0 spiro atoms. The van der Waals surface area contributed by atoms with Crippen LogP contribution in [0, 0.1) is 5.82 Å². The average molecular weight is 609 g/mol. The highest BCUT2D eigenvalue weighted by atomic mass is 79.9. The zero-order chi connectivity index (χ0) is 27.4. The lowest BCUT2D eigenvalue weighted by atomic mass is 10.1. The van der Waals surface area contributed by atoms with E-state index < -0.39 is 41.2 Å². The van der Waals surface area contributed by atoms with Gasteiger partial charge in [-0.05, 0) is 71.9 Å². The van der Waals surface area contributed by atoms with Crippen molar-refractivity contribution in [1.29, 1.82) is 0 Å². The fourth-order valence-corrected chi connectivity index (χ4v) is 4.65. The molecule has 0 aliphatic carbocycles. The number of alkyl halides is 3. The Morgan fingerprint density at radius 1 is 1.05 bits per heavy atom. The molecule has 3 aromatic carbocycles. The van der Waals surface area contributed by atoms with Crippen LogP contribution in [0.3, 0.4) is 0 Å². The average Bonchev–Trinajstić information content (AvgIpc) is 3.10. The molecule has 12 heteroatoms. The standard InChI is InChI=1S/C26H17BrF4N2O4S/c27-18-7-8-21(37-14-15-3-1-5-19(28)9-15)16(10-18)11-22-24(35)33(25(36)38-22)13-23(34)32-20-6-2-4-17(12-20)26(29,30)31/h1-12H,13-14H2,(H,32,34)/b22-11-. The van der Waals surface area contributed by atoms with Gasteiger partial charge in [-0.25, -0.2) is 4.39 Å². The van der Waals surface area contributed by atoms with Gasteiger partial charge in [0.25, 0.3) is 11.1 Å². The monoisotopic (exact) mass is 608 g/mol. The first-order chi connectivity index (χ1) is 18.0. The molecule has 4 rings (SSSR count). The number of hydrogen-bond acceptors (Lipinski definition) is 5. The summed E-state index contributed by atoms with van der Waals surface area (Å²) < 4.78 is 58.7. The summed E-state index contributed by atoms with van der Waals surface area (Å²) in [4.78, 5) is 38.5. The molecule has 0 unspecified atom stereocenters. The van der Waals surface area contributed by atoms with Crippen molar-refractivity contribution in [2.75, 3.05) is 11.9 Å². The molecule has 0 radical (unpaired) electrons. The molecule has 1 saturated heterocycles. The number of nitrogens with one attached hydrogen (secondary N) is 1. The minimum atomic E-state index is -4.59. The second-order valence-electron chi connectivity index (χ2n) is 8.00. The predicted octanol–water partition coefficient (Wildman–Crippen LogP) is 6.86. The molecule has 0 aromatic heterocycles. The third kappa shape index (κ3) is 6.81. The zero-order valence-corrected chi connectivity index (χ0v) is 21.6. The van der Waals surface area contributed by atoms with Crippen LogP contribution in [-0.4, -0.2) is 28.5 Å². The van der Waals surface area contributed by atoms with Crippen molar-refractivity contribution < 1.29 is 36.7 Å². The molecule has 1 aliphatic heterocycles. The van der Waals surface area contributed by atoms with Crippen molar-refractivity contribution in [1.82, 2.24) is 4.90 Å². The van der Waals surface area contributed by atoms with Crippen molar-refractivity contribution in [2.45, 2.75) is 12.8 Å². The molecule has 3 aromatic rings. The van der Waals surface area contributed by atoms with Gasteiger partial charge in [0, 0.05) is 15.7 Å². The fraction of sp³-hybridized carbons (Fsp3) is 0.115. The number of carbonyl (C=O) groups is 3. The minimum absolute atomic E-state index is 0.0237. The molecule has 1 N–H and O–H groups in total. The van der Waals surface area contributed by atoms with E-state index in [1.54, 1.807) is 30.3 Å². The summed E-state index contributed by atoms with van der Waals surface area (Å²) in [5.41, 5.74) is -0.0314. The SMILES string of the molecule is O=C(CN1C(=O)S/C(=C\c2cc(Br)ccc2OCc2cccc(F)c2)C1=O)Nc1cccc(C(F)(F)F)c1. The van der Waals surface area contributed by atoms with Crippen LogP contribution in [0.1, 0.15) is 16.7 Å². The lowest BCUT2D eigenvalue weighted by Gasteiger charge is -2.13. The quantitative estimate of drug-likeness (QED) is 0.234. The van der Waals surface area contributed by atoms with Crippen molar-refractivity contribution >= 4 is 56.5 Å². The van der Waals surface area contributed by atoms with Crippen LogP contribution in [0.2, 0.25) is 0 Å². The van der Waals surface area contributed by atoms with Crippen LogP contribution >= 0.6 is 27.7 Å². The van der Waals surface area contributed by atoms with Gasteiger partial charge in [-0.3, -0.25) is 19.3 Å². The molecule has 1 fully saturated rings. The number of halogens is 5. The van der Waals surface area contributed by atoms with Crippen molar-refractivity contribution in [3.63, 3.8) is 0 Å². The largest absolute Gasteiger partial charge is 0.488 e. The molecule has 6 nitrogen and oxygen atoms in total. The summed E-state index contributed by atoms with van der Waals surface area (Å²) in [6.45, 7) is -0.628. The number of benzene rings is 3. The van der Waals surface area contributed by atoms with Gasteiger partial charge in [-0.15, -0.1) is 0 Å². The van der Waals surface area contributed by atoms with Crippen LogP contribution in [0.4, 0.5) is 28.0 Å². The number of anilines is 1. The Labute approximate surface area is 226 Å². The first-order valence-electron chi connectivity index (χ1n) is 10.9. The van der Waals surface area contributed by atoms with E-state index in [0.717, 1.165) is 18.2 Å². The Kier molecular flexibility index (Phi) is 8.22. The highest BCUT2D eigenvalue weighted by Crippen LogP contribution is 2.35. The summed E-state index contributed by atoms with van der Waals surface area (Å²) in [6.07, 6.45) is -3.16. The number of nitrogens with zero attached hydrogens (tertiary/aromatic N) is 1. The molecule has 3 amide bonds. The topological polar surface area (TPSA) is 75.7 Å². The van der Waals surface area contributed by atoms with Crippen LogP contribution in [0.25, 0.3) is 6.08 Å². The summed E-state index contributed by atoms with van der Waals surface area (Å²) >= 11 is 3.96. The van der Waals surface area contributed by atoms with Crippen molar-refractivity contribution in [2.24, 2.45) is 0 Å². The van der Waals surface area contributed by atoms with Crippen LogP contribution in [0.15, 0.2) is 76.1 Å². The van der Waals surface area contributed by atoms with Crippen LogP contribution in [-0.2, 0) is 22.4 Å². The molecule has 196 valence electrons. The first kappa shape index (κ1) is 27.4. The fourth-order valence-electron chi connectivity index (χ4n) is 3.45. The molecule has 0 bridgehead atoms. The Morgan fingerprint density at radius 2 is 1.82 bits per heavy atom. The number of carbonyl (C=O) groups excluding carboxylic acids is 3. The van der Waals surface area contributed by atoms with E-state index in [9.17, 15) is 31.9 Å². The van der Waals surface area contributed by atoms with E-state index in [4.69, 9.17) is 4.74 Å². The number of thioether (sulfide) groups is 1. The smallest absolute Gasteiger partial charge is 0.416 e. The lowest BCUT2D eigenvalue weighted by molar-refractivity contribution is -0.137. The molecular formula is C26H17BrF4N2O4S. The summed E-state index contributed by atoms with van der Waals surface area (Å²) in [5, 5.41) is 1.56. The minimum Gasteiger partial charge on any atom is -0.488 e. The summed E-state index contributed by atoms with van der Waals surface area (Å²) in [6, 6.07) is 14.9. The molecule has 0 atom stereocenters. The normalized spacial score (nSPS) is 14.8. The van der Waals surface area contributed by atoms with E-state index in [1.165, 1.54) is 24.3 Å². The summed E-state index contributed by atoms with van der Waals surface area (Å²) in [5.74, 6) is -1.62. The number of imide groups is 1. The highest BCUT2D eigenvalue weighted by molar-refractivity contribution is 9.10. The molecule has 38 heavy (non-hydrogen) atoms. The van der Waals surface area contributed by atoms with Gasteiger partial charge in [-0.2, -0.15) is 13.2 Å². The lowest BCUT2D eigenvalue weighted by Crippen LogP contribution is -2.36. The molecular weight excluding hydrogens is 592 g/mol. The maximum Gasteiger partial charge on any atom is 0.416 e. The third-order valence-corrected chi connectivity index (χ3v) is 6.59. The van der Waals surface area contributed by atoms with Gasteiger partial charge < -0.3 is 10.1 Å². The molecule has 0 saturated carbocycles. The predicted molar refractivity (Wildman–Crippen MR) is 138 cm³/mol. The maximum atomic E-state index is 13.5. The Hall–Kier alpha value is -3.64. The maximum absolute atomic E-state index is 13.5. The van der Waals surface area contributed by atoms with E-state index in [-0.39, 0.29) is 17.2 Å². The van der Waals surface area contributed by atoms with Crippen molar-refractivity contribution in [3.8, 4) is 5.75 Å². The van der Waals surface area contributed by atoms with Gasteiger partial charge >= 0.3 is 6.18 Å². The third-order valence-electron chi connectivity index (χ3n) is 5.19. The Bertz CT molecular complexity index is 1440. The second-order valence-corrected chi connectivity index (χ2v) is 9.90. The van der Waals surface area contributed by atoms with Gasteiger partial charge in [-0.1, -0.05) is 34.1 Å². The van der Waals surface area contributed by atoms with Gasteiger partial charge in [0.15, 0.2) is 0 Å². The number of ether oxygens (including phenoxy) is 1. The van der Waals surface area contributed by atoms with Crippen molar-refractivity contribution in [3.05, 3.63) is 98.6 Å². The van der Waals surface area contributed by atoms with Gasteiger partial charge in [0.2, 0.25) is 5.91 Å². The van der Waals surface area contributed by atoms with Crippen LogP contribution < -0.4 is 10.1 Å². The van der Waals surface area contributed by atoms with E-state index in [2.05, 4.69) is 21.2 Å². The van der Waals surface area contributed by atoms with Gasteiger partial charge in [0.05, 0.1) is 10.5 Å². The zero-order valence-electron chi connectivity index (χ0n) is 19.2. The van der Waals surface area contributed by atoms with E-state index >= 15 is 0 Å².